The van der Waals surface area contributed by atoms with Gasteiger partial charge in [-0.1, -0.05) is 22.9 Å². The van der Waals surface area contributed by atoms with Gasteiger partial charge in [-0.2, -0.15) is 0 Å². The molecule has 0 aliphatic heterocycles. The van der Waals surface area contributed by atoms with Crippen LogP contribution in [0.4, 0.5) is 0 Å². The van der Waals surface area contributed by atoms with Gasteiger partial charge < -0.3 is 5.11 Å². The normalized spacial score (nSPS) is 10.9. The van der Waals surface area contributed by atoms with Crippen LogP contribution in [0, 0.1) is 0 Å². The molecule has 0 aliphatic carbocycles. The Hall–Kier alpha value is -0.380. The first kappa shape index (κ1) is 9.19. The van der Waals surface area contributed by atoms with Crippen LogP contribution in [0.5, 0.6) is 5.06 Å². The highest BCUT2D eigenvalue weighted by Crippen LogP contribution is 2.38. The Labute approximate surface area is 89.3 Å². The van der Waals surface area contributed by atoms with E-state index < -0.39 is 0 Å². The van der Waals surface area contributed by atoms with Gasteiger partial charge in [-0.3, -0.25) is 0 Å². The fourth-order valence-corrected chi connectivity index (χ4v) is 3.14. The van der Waals surface area contributed by atoms with Gasteiger partial charge in [-0.25, -0.2) is 0 Å². The molecule has 13 heavy (non-hydrogen) atoms. The van der Waals surface area contributed by atoms with E-state index in [9.17, 15) is 5.11 Å². The van der Waals surface area contributed by atoms with Crippen molar-refractivity contribution >= 4 is 44.8 Å². The van der Waals surface area contributed by atoms with Crippen LogP contribution in [0.15, 0.2) is 23.1 Å². The predicted octanol–water partition coefficient (Wildman–Crippen LogP) is 3.98. The lowest BCUT2D eigenvalue weighted by Gasteiger charge is -1.98. The van der Waals surface area contributed by atoms with Crippen molar-refractivity contribution in [3.8, 4) is 5.06 Å². The maximum atomic E-state index is 9.33. The van der Waals surface area contributed by atoms with Crippen molar-refractivity contribution in [3.63, 3.8) is 0 Å². The summed E-state index contributed by atoms with van der Waals surface area (Å²) in [6.45, 7) is 0. The van der Waals surface area contributed by atoms with E-state index in [2.05, 4.69) is 0 Å². The van der Waals surface area contributed by atoms with Crippen LogP contribution in [0.3, 0.4) is 0 Å². The molecule has 2 aromatic rings. The van der Waals surface area contributed by atoms with E-state index >= 15 is 0 Å². The van der Waals surface area contributed by atoms with Crippen LogP contribution in [0.1, 0.15) is 0 Å². The molecule has 0 radical (unpaired) electrons. The van der Waals surface area contributed by atoms with Crippen molar-refractivity contribution in [3.05, 3.63) is 23.2 Å². The highest BCUT2D eigenvalue weighted by molar-refractivity contribution is 7.98. The molecule has 2 rings (SSSR count). The molecule has 0 aliphatic rings. The molecule has 1 aromatic heterocycles. The second-order valence-electron chi connectivity index (χ2n) is 2.60. The number of halogens is 1. The van der Waals surface area contributed by atoms with Gasteiger partial charge in [-0.15, -0.1) is 11.8 Å². The Kier molecular flexibility index (Phi) is 2.41. The molecular formula is C9H7ClOS2. The van der Waals surface area contributed by atoms with Crippen LogP contribution in [-0.4, -0.2) is 11.4 Å². The maximum Gasteiger partial charge on any atom is 0.172 e. The van der Waals surface area contributed by atoms with Gasteiger partial charge in [0.2, 0.25) is 0 Å². The Morgan fingerprint density at radius 1 is 1.38 bits per heavy atom. The monoisotopic (exact) mass is 230 g/mol. The molecule has 68 valence electrons. The number of benzene rings is 1. The Balaban J connectivity index is 2.80. The third-order valence-electron chi connectivity index (χ3n) is 1.77. The van der Waals surface area contributed by atoms with E-state index in [4.69, 9.17) is 11.6 Å². The van der Waals surface area contributed by atoms with Crippen LogP contribution >= 0.6 is 34.7 Å². The van der Waals surface area contributed by atoms with E-state index in [1.165, 1.54) is 11.3 Å². The Morgan fingerprint density at radius 3 is 2.85 bits per heavy atom. The molecule has 4 heteroatoms. The molecule has 0 saturated heterocycles. The standard InChI is InChI=1S/C9H7ClOS2/c1-12-7-2-5(10)3-8-6(7)4-9(11)13-8/h2-4,11H,1H3. The number of thioether (sulfide) groups is 1. The van der Waals surface area contributed by atoms with Crippen molar-refractivity contribution in [2.24, 2.45) is 0 Å². The van der Waals surface area contributed by atoms with Crippen molar-refractivity contribution in [2.45, 2.75) is 4.90 Å². The lowest BCUT2D eigenvalue weighted by molar-refractivity contribution is 0.491. The van der Waals surface area contributed by atoms with Crippen LogP contribution < -0.4 is 0 Å². The molecule has 1 aromatic carbocycles. The summed E-state index contributed by atoms with van der Waals surface area (Å²) in [4.78, 5) is 1.11. The van der Waals surface area contributed by atoms with Gasteiger partial charge in [0.1, 0.15) is 0 Å². The first-order valence-corrected chi connectivity index (χ1v) is 6.08. The first-order chi connectivity index (χ1) is 6.20. The van der Waals surface area contributed by atoms with E-state index in [1.54, 1.807) is 17.8 Å². The topological polar surface area (TPSA) is 20.2 Å². The fraction of sp³-hybridized carbons (Fsp3) is 0.111. The van der Waals surface area contributed by atoms with Gasteiger partial charge in [0.05, 0.1) is 0 Å². The molecule has 0 fully saturated rings. The highest BCUT2D eigenvalue weighted by Gasteiger charge is 2.06. The lowest BCUT2D eigenvalue weighted by Crippen LogP contribution is -1.71. The summed E-state index contributed by atoms with van der Waals surface area (Å²) in [6.07, 6.45) is 2.00. The largest absolute Gasteiger partial charge is 0.499 e. The zero-order chi connectivity index (χ0) is 9.42. The molecular weight excluding hydrogens is 224 g/mol. The number of thiophene rings is 1. The SMILES string of the molecule is CSc1cc(Cl)cc2sc(O)cc12. The van der Waals surface area contributed by atoms with Crippen molar-refractivity contribution in [1.82, 2.24) is 0 Å². The second kappa shape index (κ2) is 3.40. The summed E-state index contributed by atoms with van der Waals surface area (Å²) >= 11 is 8.91. The van der Waals surface area contributed by atoms with Gasteiger partial charge in [0, 0.05) is 26.1 Å². The average Bonchev–Trinajstić information content (AvgIpc) is 2.43. The van der Waals surface area contributed by atoms with Crippen molar-refractivity contribution in [1.29, 1.82) is 0 Å². The minimum Gasteiger partial charge on any atom is -0.499 e. The molecule has 0 bridgehead atoms. The van der Waals surface area contributed by atoms with Gasteiger partial charge in [0.25, 0.3) is 0 Å². The summed E-state index contributed by atoms with van der Waals surface area (Å²) in [6, 6.07) is 5.57. The molecule has 0 saturated carbocycles. The third-order valence-corrected chi connectivity index (χ3v) is 3.65. The molecule has 1 N–H and O–H groups in total. The molecule has 0 amide bonds. The molecule has 0 spiro atoms. The zero-order valence-electron chi connectivity index (χ0n) is 6.87. The summed E-state index contributed by atoms with van der Waals surface area (Å²) in [5.74, 6) is 0. The lowest BCUT2D eigenvalue weighted by atomic mass is 10.3. The minimum absolute atomic E-state index is 0.340. The van der Waals surface area contributed by atoms with Crippen molar-refractivity contribution < 1.29 is 5.11 Å². The Morgan fingerprint density at radius 2 is 2.15 bits per heavy atom. The van der Waals surface area contributed by atoms with E-state index in [-0.39, 0.29) is 0 Å². The number of aromatic hydroxyl groups is 1. The molecule has 1 nitrogen and oxygen atoms in total. The summed E-state index contributed by atoms with van der Waals surface area (Å²) in [7, 11) is 0. The van der Waals surface area contributed by atoms with Crippen LogP contribution in [0.2, 0.25) is 5.02 Å². The zero-order valence-corrected chi connectivity index (χ0v) is 9.26. The summed E-state index contributed by atoms with van der Waals surface area (Å²) in [5.41, 5.74) is 0. The predicted molar refractivity (Wildman–Crippen MR) is 60.3 cm³/mol. The fourth-order valence-electron chi connectivity index (χ4n) is 1.23. The second-order valence-corrected chi connectivity index (χ2v) is 4.95. The maximum absolute atomic E-state index is 9.33. The molecule has 1 heterocycles. The first-order valence-electron chi connectivity index (χ1n) is 3.67. The minimum atomic E-state index is 0.340. The smallest absolute Gasteiger partial charge is 0.172 e. The van der Waals surface area contributed by atoms with Crippen molar-refractivity contribution in [2.75, 3.05) is 6.26 Å². The number of fused-ring (bicyclic) bond motifs is 1. The summed E-state index contributed by atoms with van der Waals surface area (Å²) < 4.78 is 1.04. The van der Waals surface area contributed by atoms with E-state index in [0.717, 1.165) is 20.0 Å². The number of hydrogen-bond donors (Lipinski definition) is 1. The van der Waals surface area contributed by atoms with Gasteiger partial charge in [0.15, 0.2) is 5.06 Å². The van der Waals surface area contributed by atoms with Gasteiger partial charge in [-0.05, 0) is 18.4 Å². The number of hydrogen-bond acceptors (Lipinski definition) is 3. The van der Waals surface area contributed by atoms with Crippen LogP contribution in [-0.2, 0) is 0 Å². The van der Waals surface area contributed by atoms with Crippen LogP contribution in [0.25, 0.3) is 10.1 Å². The van der Waals surface area contributed by atoms with E-state index in [1.807, 2.05) is 18.4 Å². The average molecular weight is 231 g/mol. The molecule has 0 unspecified atom stereocenters. The quantitative estimate of drug-likeness (QED) is 0.748. The number of rotatable bonds is 1. The van der Waals surface area contributed by atoms with Gasteiger partial charge >= 0.3 is 0 Å². The summed E-state index contributed by atoms with van der Waals surface area (Å²) in [5, 5.41) is 11.5. The Bertz CT molecular complexity index is 450. The van der Waals surface area contributed by atoms with E-state index in [0.29, 0.717) is 5.06 Å². The highest BCUT2D eigenvalue weighted by atomic mass is 35.5. The molecule has 0 atom stereocenters. The third kappa shape index (κ3) is 1.64.